The van der Waals surface area contributed by atoms with Crippen LogP contribution in [0.4, 0.5) is 11.4 Å². The summed E-state index contributed by atoms with van der Waals surface area (Å²) in [6, 6.07) is 11.4. The summed E-state index contributed by atoms with van der Waals surface area (Å²) in [6.45, 7) is 1.98. The molecule has 0 heterocycles. The fourth-order valence-electron chi connectivity index (χ4n) is 2.52. The third kappa shape index (κ3) is 7.17. The van der Waals surface area contributed by atoms with Crippen LogP contribution in [0, 0.1) is 10.1 Å². The van der Waals surface area contributed by atoms with Crippen LogP contribution in [0.15, 0.2) is 54.1 Å². The first-order valence-corrected chi connectivity index (χ1v) is 9.36. The summed E-state index contributed by atoms with van der Waals surface area (Å²) in [5.74, 6) is -2.43. The van der Waals surface area contributed by atoms with E-state index in [1.54, 1.807) is 0 Å². The average Bonchev–Trinajstić information content (AvgIpc) is 2.74. The van der Waals surface area contributed by atoms with Crippen LogP contribution in [0.25, 0.3) is 6.08 Å². The van der Waals surface area contributed by atoms with Crippen molar-refractivity contribution in [1.29, 1.82) is 0 Å². The molecule has 0 bridgehead atoms. The van der Waals surface area contributed by atoms with E-state index in [-0.39, 0.29) is 41.5 Å². The molecule has 2 rings (SSSR count). The second-order valence-electron chi connectivity index (χ2n) is 6.50. The Balaban J connectivity index is 1.92. The van der Waals surface area contributed by atoms with E-state index >= 15 is 0 Å². The van der Waals surface area contributed by atoms with Crippen molar-refractivity contribution in [2.45, 2.75) is 13.8 Å². The lowest BCUT2D eigenvalue weighted by Gasteiger charge is -2.08. The highest BCUT2D eigenvalue weighted by atomic mass is 16.6. The van der Waals surface area contributed by atoms with Gasteiger partial charge in [0.25, 0.3) is 5.69 Å². The molecule has 2 aromatic rings. The zero-order chi connectivity index (χ0) is 23.7. The van der Waals surface area contributed by atoms with Crippen molar-refractivity contribution >= 4 is 41.1 Å². The van der Waals surface area contributed by atoms with Gasteiger partial charge in [-0.2, -0.15) is 0 Å². The predicted molar refractivity (Wildman–Crippen MR) is 114 cm³/mol. The quantitative estimate of drug-likeness (QED) is 0.119. The van der Waals surface area contributed by atoms with Gasteiger partial charge in [-0.05, 0) is 42.8 Å². The van der Waals surface area contributed by atoms with Crippen molar-refractivity contribution in [2.75, 3.05) is 18.5 Å². The van der Waals surface area contributed by atoms with E-state index in [0.29, 0.717) is 5.69 Å². The number of esters is 2. The van der Waals surface area contributed by atoms with Crippen molar-refractivity contribution < 1.29 is 33.6 Å². The summed E-state index contributed by atoms with van der Waals surface area (Å²) in [5.41, 5.74) is 0.559. The summed E-state index contributed by atoms with van der Waals surface area (Å²) in [5, 5.41) is 13.4. The lowest BCUT2D eigenvalue weighted by Crippen LogP contribution is -2.18. The molecular weight excluding hydrogens is 420 g/mol. The number of Topliss-reactive ketones (excluding diaryl/α,β-unsaturated/α-hetero) is 1. The van der Waals surface area contributed by atoms with Gasteiger partial charge in [0.05, 0.1) is 10.5 Å². The van der Waals surface area contributed by atoms with Crippen LogP contribution in [-0.4, -0.2) is 41.8 Å². The number of nitrogens with zero attached hydrogens (tertiary/aromatic N) is 1. The lowest BCUT2D eigenvalue weighted by atomic mass is 10.1. The normalized spacial score (nSPS) is 10.8. The Morgan fingerprint density at radius 2 is 1.66 bits per heavy atom. The van der Waals surface area contributed by atoms with Gasteiger partial charge in [0.2, 0.25) is 5.91 Å². The van der Waals surface area contributed by atoms with Gasteiger partial charge >= 0.3 is 11.9 Å². The molecule has 1 N–H and O–H groups in total. The number of hydrogen-bond donors (Lipinski definition) is 1. The molecular formula is C22H20N2O8. The van der Waals surface area contributed by atoms with Crippen LogP contribution in [0.3, 0.4) is 0 Å². The second-order valence-corrected chi connectivity index (χ2v) is 6.50. The van der Waals surface area contributed by atoms with Crippen molar-refractivity contribution in [3.05, 3.63) is 75.3 Å². The van der Waals surface area contributed by atoms with Crippen LogP contribution < -0.4 is 5.32 Å². The van der Waals surface area contributed by atoms with Gasteiger partial charge in [0.1, 0.15) is 18.8 Å². The summed E-state index contributed by atoms with van der Waals surface area (Å²) in [7, 11) is 0. The number of rotatable bonds is 9. The number of hydrogen-bond acceptors (Lipinski definition) is 8. The first-order chi connectivity index (χ1) is 15.2. The fraction of sp³-hybridized carbons (Fsp3) is 0.182. The average molecular weight is 440 g/mol. The molecule has 10 nitrogen and oxygen atoms in total. The van der Waals surface area contributed by atoms with E-state index in [9.17, 15) is 29.3 Å². The highest BCUT2D eigenvalue weighted by Crippen LogP contribution is 2.17. The number of non-ortho nitro benzene ring substituents is 1. The van der Waals surface area contributed by atoms with Crippen LogP contribution in [0.1, 0.15) is 29.8 Å². The Kier molecular flexibility index (Phi) is 8.35. The van der Waals surface area contributed by atoms with Crippen molar-refractivity contribution in [3.8, 4) is 0 Å². The molecule has 0 aliphatic heterocycles. The summed E-state index contributed by atoms with van der Waals surface area (Å²) < 4.78 is 10.00. The van der Waals surface area contributed by atoms with Gasteiger partial charge in [-0.1, -0.05) is 12.1 Å². The maximum Gasteiger partial charge on any atom is 0.341 e. The molecule has 32 heavy (non-hydrogen) atoms. The van der Waals surface area contributed by atoms with E-state index in [1.165, 1.54) is 61.5 Å². The number of ether oxygens (including phenoxy) is 2. The Hall–Kier alpha value is -4.34. The Labute approximate surface area is 183 Å². The van der Waals surface area contributed by atoms with Crippen LogP contribution >= 0.6 is 0 Å². The zero-order valence-corrected chi connectivity index (χ0v) is 17.3. The van der Waals surface area contributed by atoms with Crippen LogP contribution in [-0.2, 0) is 23.9 Å². The minimum atomic E-state index is -0.945. The largest absolute Gasteiger partial charge is 0.458 e. The molecule has 0 fully saturated rings. The Morgan fingerprint density at radius 3 is 2.25 bits per heavy atom. The molecule has 10 heteroatoms. The summed E-state index contributed by atoms with van der Waals surface area (Å²) in [6.07, 6.45) is 1.19. The van der Waals surface area contributed by atoms with Crippen LogP contribution in [0.5, 0.6) is 0 Å². The number of nitrogens with one attached hydrogen (secondary N) is 1. The highest BCUT2D eigenvalue weighted by Gasteiger charge is 2.17. The molecule has 0 aromatic heterocycles. The van der Waals surface area contributed by atoms with Gasteiger partial charge in [-0.3, -0.25) is 19.7 Å². The summed E-state index contributed by atoms with van der Waals surface area (Å²) >= 11 is 0. The minimum Gasteiger partial charge on any atom is -0.458 e. The number of ketones is 1. The number of anilines is 1. The molecule has 0 saturated carbocycles. The van der Waals surface area contributed by atoms with Gasteiger partial charge in [0, 0.05) is 24.7 Å². The van der Waals surface area contributed by atoms with Crippen LogP contribution in [0.2, 0.25) is 0 Å². The first kappa shape index (κ1) is 23.9. The molecule has 166 valence electrons. The molecule has 0 unspecified atom stereocenters. The van der Waals surface area contributed by atoms with Gasteiger partial charge in [-0.25, -0.2) is 9.59 Å². The number of amides is 1. The Morgan fingerprint density at radius 1 is 1.00 bits per heavy atom. The molecule has 0 aliphatic rings. The third-order valence-corrected chi connectivity index (χ3v) is 3.98. The summed E-state index contributed by atoms with van der Waals surface area (Å²) in [4.78, 5) is 57.3. The topological polar surface area (TPSA) is 142 Å². The number of carbonyl (C=O) groups is 4. The van der Waals surface area contributed by atoms with Gasteiger partial charge in [-0.15, -0.1) is 0 Å². The highest BCUT2D eigenvalue weighted by molar-refractivity contribution is 6.19. The first-order valence-electron chi connectivity index (χ1n) is 9.36. The fourth-order valence-corrected chi connectivity index (χ4v) is 2.52. The molecule has 0 spiro atoms. The maximum atomic E-state index is 12.2. The minimum absolute atomic E-state index is 0.188. The molecule has 0 atom stereocenters. The molecule has 0 saturated heterocycles. The predicted octanol–water partition coefficient (Wildman–Crippen LogP) is 2.93. The van der Waals surface area contributed by atoms with Crippen molar-refractivity contribution in [1.82, 2.24) is 0 Å². The lowest BCUT2D eigenvalue weighted by molar-refractivity contribution is -0.384. The SMILES string of the molecule is CC(=O)Nc1ccc(C(=O)OCCOC(=O)C(=Cc2cccc([N+](=O)[O-])c2)C(C)=O)cc1. The zero-order valence-electron chi connectivity index (χ0n) is 17.3. The van der Waals surface area contributed by atoms with E-state index in [4.69, 9.17) is 9.47 Å². The molecule has 1 amide bonds. The Bertz CT molecular complexity index is 1070. The third-order valence-electron chi connectivity index (χ3n) is 3.98. The number of carbonyl (C=O) groups excluding carboxylic acids is 4. The van der Waals surface area contributed by atoms with Crippen molar-refractivity contribution in [3.63, 3.8) is 0 Å². The van der Waals surface area contributed by atoms with Gasteiger partial charge in [0.15, 0.2) is 5.78 Å². The van der Waals surface area contributed by atoms with E-state index in [0.717, 1.165) is 6.92 Å². The van der Waals surface area contributed by atoms with Crippen molar-refractivity contribution in [2.24, 2.45) is 0 Å². The van der Waals surface area contributed by atoms with E-state index in [1.807, 2.05) is 0 Å². The number of nitro groups is 1. The number of nitro benzene ring substituents is 1. The maximum absolute atomic E-state index is 12.2. The van der Waals surface area contributed by atoms with E-state index < -0.39 is 22.6 Å². The smallest absolute Gasteiger partial charge is 0.341 e. The van der Waals surface area contributed by atoms with E-state index in [2.05, 4.69) is 5.32 Å². The standard InChI is InChI=1S/C22H20N2O8/c1-14(25)20(13-16-4-3-5-19(12-16)24(29)30)22(28)32-11-10-31-21(27)17-6-8-18(9-7-17)23-15(2)26/h3-9,12-13H,10-11H2,1-2H3,(H,23,26). The molecule has 2 aromatic carbocycles. The second kappa shape index (κ2) is 11.2. The monoisotopic (exact) mass is 440 g/mol. The molecule has 0 radical (unpaired) electrons. The molecule has 0 aliphatic carbocycles. The number of benzene rings is 2. The van der Waals surface area contributed by atoms with Gasteiger partial charge < -0.3 is 14.8 Å².